The highest BCUT2D eigenvalue weighted by molar-refractivity contribution is 5.89. The van der Waals surface area contributed by atoms with E-state index in [-0.39, 0.29) is 6.03 Å². The minimum absolute atomic E-state index is 0.150. The number of anilines is 1. The SMILES string of the molecule is CC(C)CCNC(=O)Nc1ccc(CCc2nc3ccccc3n2C)cc1. The van der Waals surface area contributed by atoms with Crippen LogP contribution in [0.4, 0.5) is 10.5 Å². The third-order valence-corrected chi connectivity index (χ3v) is 4.74. The Morgan fingerprint density at radius 1 is 1.07 bits per heavy atom. The van der Waals surface area contributed by atoms with Crippen LogP contribution in [0.2, 0.25) is 0 Å². The van der Waals surface area contributed by atoms with Crippen molar-refractivity contribution in [3.05, 3.63) is 59.9 Å². The number of carbonyl (C=O) groups excluding carboxylic acids is 1. The molecule has 0 radical (unpaired) electrons. The fourth-order valence-corrected chi connectivity index (χ4v) is 3.08. The molecule has 0 fully saturated rings. The van der Waals surface area contributed by atoms with Crippen LogP contribution in [0.3, 0.4) is 0 Å². The second-order valence-corrected chi connectivity index (χ2v) is 7.34. The van der Waals surface area contributed by atoms with Crippen LogP contribution in [0.5, 0.6) is 0 Å². The van der Waals surface area contributed by atoms with Gasteiger partial charge in [0.15, 0.2) is 0 Å². The molecule has 0 aliphatic rings. The Bertz CT molecular complexity index is 896. The summed E-state index contributed by atoms with van der Waals surface area (Å²) in [5.74, 6) is 1.67. The average molecular weight is 364 g/mol. The van der Waals surface area contributed by atoms with E-state index in [0.717, 1.165) is 41.8 Å². The number of urea groups is 1. The van der Waals surface area contributed by atoms with Gasteiger partial charge in [-0.3, -0.25) is 0 Å². The van der Waals surface area contributed by atoms with Gasteiger partial charge in [-0.15, -0.1) is 0 Å². The zero-order valence-electron chi connectivity index (χ0n) is 16.3. The molecule has 2 N–H and O–H groups in total. The summed E-state index contributed by atoms with van der Waals surface area (Å²) in [5, 5.41) is 5.76. The molecule has 0 atom stereocenters. The number of hydrogen-bond donors (Lipinski definition) is 2. The number of rotatable bonds is 7. The predicted octanol–water partition coefficient (Wildman–Crippen LogP) is 4.53. The summed E-state index contributed by atoms with van der Waals surface area (Å²) in [7, 11) is 2.07. The number of benzene rings is 2. The number of nitrogens with one attached hydrogen (secondary N) is 2. The lowest BCUT2D eigenvalue weighted by Gasteiger charge is -2.09. The van der Waals surface area contributed by atoms with Crippen molar-refractivity contribution in [2.24, 2.45) is 13.0 Å². The summed E-state index contributed by atoms with van der Waals surface area (Å²) in [5.41, 5.74) is 4.24. The Labute approximate surface area is 160 Å². The fraction of sp³-hybridized carbons (Fsp3) is 0.364. The monoisotopic (exact) mass is 364 g/mol. The summed E-state index contributed by atoms with van der Waals surface area (Å²) in [6, 6.07) is 16.1. The Kier molecular flexibility index (Phi) is 6.12. The Hall–Kier alpha value is -2.82. The third kappa shape index (κ3) is 5.09. The summed E-state index contributed by atoms with van der Waals surface area (Å²) in [4.78, 5) is 16.6. The molecule has 142 valence electrons. The van der Waals surface area contributed by atoms with E-state index in [9.17, 15) is 4.79 Å². The summed E-state index contributed by atoms with van der Waals surface area (Å²) in [6.07, 6.45) is 2.78. The van der Waals surface area contributed by atoms with E-state index in [4.69, 9.17) is 4.98 Å². The first-order chi connectivity index (χ1) is 13.0. The molecule has 1 heterocycles. The van der Waals surface area contributed by atoms with Crippen molar-refractivity contribution in [3.63, 3.8) is 0 Å². The standard InChI is InChI=1S/C22H28N4O/c1-16(2)14-15-23-22(27)24-18-11-8-17(9-12-18)10-13-21-25-19-6-4-5-7-20(19)26(21)3/h4-9,11-12,16H,10,13-15H2,1-3H3,(H2,23,24,27). The molecule has 3 aromatic rings. The highest BCUT2D eigenvalue weighted by Gasteiger charge is 2.07. The molecule has 2 amide bonds. The molecule has 0 bridgehead atoms. The molecule has 2 aromatic carbocycles. The van der Waals surface area contributed by atoms with Gasteiger partial charge in [0, 0.05) is 25.7 Å². The zero-order valence-corrected chi connectivity index (χ0v) is 16.3. The predicted molar refractivity (Wildman–Crippen MR) is 111 cm³/mol. The van der Waals surface area contributed by atoms with E-state index in [1.54, 1.807) is 0 Å². The van der Waals surface area contributed by atoms with Gasteiger partial charge in [-0.05, 0) is 48.6 Å². The summed E-state index contributed by atoms with van der Waals surface area (Å²) < 4.78 is 2.16. The number of hydrogen-bond acceptors (Lipinski definition) is 2. The number of amides is 2. The number of imidazole rings is 1. The number of fused-ring (bicyclic) bond motifs is 1. The molecule has 5 heteroatoms. The summed E-state index contributed by atoms with van der Waals surface area (Å²) in [6.45, 7) is 4.98. The second-order valence-electron chi connectivity index (χ2n) is 7.34. The molecule has 0 aliphatic carbocycles. The van der Waals surface area contributed by atoms with Crippen LogP contribution in [0.1, 0.15) is 31.7 Å². The lowest BCUT2D eigenvalue weighted by molar-refractivity contribution is 0.251. The van der Waals surface area contributed by atoms with E-state index < -0.39 is 0 Å². The highest BCUT2D eigenvalue weighted by atomic mass is 16.2. The Morgan fingerprint density at radius 3 is 2.52 bits per heavy atom. The van der Waals surface area contributed by atoms with Gasteiger partial charge in [-0.1, -0.05) is 38.1 Å². The van der Waals surface area contributed by atoms with Gasteiger partial charge < -0.3 is 15.2 Å². The normalized spacial score (nSPS) is 11.1. The van der Waals surface area contributed by atoms with Gasteiger partial charge in [0.2, 0.25) is 0 Å². The first-order valence-electron chi connectivity index (χ1n) is 9.57. The smallest absolute Gasteiger partial charge is 0.319 e. The van der Waals surface area contributed by atoms with Gasteiger partial charge in [0.1, 0.15) is 5.82 Å². The molecule has 3 rings (SSSR count). The molecule has 0 saturated carbocycles. The molecular formula is C22H28N4O. The molecule has 0 unspecified atom stereocenters. The molecule has 5 nitrogen and oxygen atoms in total. The molecule has 1 aromatic heterocycles. The summed E-state index contributed by atoms with van der Waals surface area (Å²) >= 11 is 0. The van der Waals surface area contributed by atoms with Gasteiger partial charge in [-0.2, -0.15) is 0 Å². The minimum atomic E-state index is -0.150. The van der Waals surface area contributed by atoms with Crippen molar-refractivity contribution in [2.75, 3.05) is 11.9 Å². The molecule has 0 aliphatic heterocycles. The van der Waals surface area contributed by atoms with Crippen molar-refractivity contribution in [1.82, 2.24) is 14.9 Å². The second kappa shape index (κ2) is 8.71. The lowest BCUT2D eigenvalue weighted by atomic mass is 10.1. The molecule has 27 heavy (non-hydrogen) atoms. The van der Waals surface area contributed by atoms with Crippen molar-refractivity contribution in [2.45, 2.75) is 33.1 Å². The van der Waals surface area contributed by atoms with Crippen molar-refractivity contribution in [1.29, 1.82) is 0 Å². The fourth-order valence-electron chi connectivity index (χ4n) is 3.08. The van der Waals surface area contributed by atoms with Crippen LogP contribution in [-0.2, 0) is 19.9 Å². The maximum absolute atomic E-state index is 11.9. The van der Waals surface area contributed by atoms with E-state index in [0.29, 0.717) is 12.5 Å². The van der Waals surface area contributed by atoms with E-state index in [1.165, 1.54) is 5.56 Å². The first kappa shape index (κ1) is 19.0. The lowest BCUT2D eigenvalue weighted by Crippen LogP contribution is -2.30. The van der Waals surface area contributed by atoms with Crippen LogP contribution < -0.4 is 10.6 Å². The van der Waals surface area contributed by atoms with Crippen molar-refractivity contribution >= 4 is 22.8 Å². The number of nitrogens with zero attached hydrogens (tertiary/aromatic N) is 2. The van der Waals surface area contributed by atoms with E-state index in [2.05, 4.69) is 54.3 Å². The van der Waals surface area contributed by atoms with E-state index >= 15 is 0 Å². The largest absolute Gasteiger partial charge is 0.338 e. The third-order valence-electron chi connectivity index (χ3n) is 4.74. The van der Waals surface area contributed by atoms with Crippen LogP contribution in [0.25, 0.3) is 11.0 Å². The quantitative estimate of drug-likeness (QED) is 0.647. The van der Waals surface area contributed by atoms with E-state index in [1.807, 2.05) is 30.3 Å². The van der Waals surface area contributed by atoms with Crippen molar-refractivity contribution < 1.29 is 4.79 Å². The Balaban J connectivity index is 1.53. The number of aromatic nitrogens is 2. The van der Waals surface area contributed by atoms with Crippen LogP contribution in [0, 0.1) is 5.92 Å². The van der Waals surface area contributed by atoms with Gasteiger partial charge in [-0.25, -0.2) is 9.78 Å². The van der Waals surface area contributed by atoms with Gasteiger partial charge in [0.25, 0.3) is 0 Å². The maximum Gasteiger partial charge on any atom is 0.319 e. The topological polar surface area (TPSA) is 59.0 Å². The Morgan fingerprint density at radius 2 is 1.81 bits per heavy atom. The average Bonchev–Trinajstić information content (AvgIpc) is 2.97. The van der Waals surface area contributed by atoms with Crippen LogP contribution >= 0.6 is 0 Å². The van der Waals surface area contributed by atoms with Gasteiger partial charge >= 0.3 is 6.03 Å². The van der Waals surface area contributed by atoms with Crippen molar-refractivity contribution in [3.8, 4) is 0 Å². The van der Waals surface area contributed by atoms with Gasteiger partial charge in [0.05, 0.1) is 11.0 Å². The number of carbonyl (C=O) groups is 1. The molecular weight excluding hydrogens is 336 g/mol. The molecule has 0 saturated heterocycles. The highest BCUT2D eigenvalue weighted by Crippen LogP contribution is 2.17. The minimum Gasteiger partial charge on any atom is -0.338 e. The van der Waals surface area contributed by atoms with Crippen LogP contribution in [-0.4, -0.2) is 22.1 Å². The number of para-hydroxylation sites is 2. The first-order valence-corrected chi connectivity index (χ1v) is 9.57. The zero-order chi connectivity index (χ0) is 19.2. The maximum atomic E-state index is 11.9. The number of aryl methyl sites for hydroxylation is 3. The molecule has 0 spiro atoms. The van der Waals surface area contributed by atoms with Crippen LogP contribution in [0.15, 0.2) is 48.5 Å².